The molecule has 108 valence electrons. The molecule has 6 heteroatoms. The SMILES string of the molecule is CC(C)CN(CCC#N)c1nc2c(s1)CCC2C(=O)O. The molecule has 2 rings (SSSR count). The highest BCUT2D eigenvalue weighted by Gasteiger charge is 2.33. The summed E-state index contributed by atoms with van der Waals surface area (Å²) in [6, 6.07) is 2.16. The third kappa shape index (κ3) is 3.10. The van der Waals surface area contributed by atoms with E-state index < -0.39 is 11.9 Å². The summed E-state index contributed by atoms with van der Waals surface area (Å²) in [5.41, 5.74) is 0.739. The molecule has 1 unspecified atom stereocenters. The summed E-state index contributed by atoms with van der Waals surface area (Å²) in [5.74, 6) is -0.761. The second-order valence-electron chi connectivity index (χ2n) is 5.48. The lowest BCUT2D eigenvalue weighted by Gasteiger charge is -2.22. The predicted octanol–water partition coefficient (Wildman–Crippen LogP) is 2.63. The highest BCUT2D eigenvalue weighted by molar-refractivity contribution is 7.15. The van der Waals surface area contributed by atoms with Gasteiger partial charge in [-0.1, -0.05) is 13.8 Å². The Kier molecular flexibility index (Phi) is 4.61. The monoisotopic (exact) mass is 293 g/mol. The molecule has 0 radical (unpaired) electrons. The van der Waals surface area contributed by atoms with Crippen LogP contribution in [0.25, 0.3) is 0 Å². The Morgan fingerprint density at radius 2 is 2.40 bits per heavy atom. The summed E-state index contributed by atoms with van der Waals surface area (Å²) in [6.07, 6.45) is 1.92. The lowest BCUT2D eigenvalue weighted by atomic mass is 10.1. The molecule has 0 saturated heterocycles. The number of anilines is 1. The number of fused-ring (bicyclic) bond motifs is 1. The first-order chi connectivity index (χ1) is 9.52. The lowest BCUT2D eigenvalue weighted by Crippen LogP contribution is -2.28. The molecule has 0 aromatic carbocycles. The maximum absolute atomic E-state index is 11.2. The van der Waals surface area contributed by atoms with E-state index in [1.807, 2.05) is 0 Å². The maximum atomic E-state index is 11.2. The maximum Gasteiger partial charge on any atom is 0.312 e. The molecule has 1 N–H and O–H groups in total. The fraction of sp³-hybridized carbons (Fsp3) is 0.643. The number of thiazole rings is 1. The van der Waals surface area contributed by atoms with Gasteiger partial charge in [-0.3, -0.25) is 4.79 Å². The van der Waals surface area contributed by atoms with Crippen LogP contribution in [0, 0.1) is 17.2 Å². The molecule has 1 aromatic heterocycles. The van der Waals surface area contributed by atoms with Gasteiger partial charge in [0, 0.05) is 18.0 Å². The average molecular weight is 293 g/mol. The minimum absolute atomic E-state index is 0.452. The fourth-order valence-electron chi connectivity index (χ4n) is 2.48. The van der Waals surface area contributed by atoms with Crippen molar-refractivity contribution in [1.29, 1.82) is 5.26 Å². The van der Waals surface area contributed by atoms with E-state index in [4.69, 9.17) is 5.26 Å². The van der Waals surface area contributed by atoms with Crippen LogP contribution in [0.15, 0.2) is 0 Å². The van der Waals surface area contributed by atoms with E-state index in [0.717, 1.165) is 28.7 Å². The number of carboxylic acids is 1. The van der Waals surface area contributed by atoms with Gasteiger partial charge in [-0.25, -0.2) is 4.98 Å². The summed E-state index contributed by atoms with van der Waals surface area (Å²) >= 11 is 1.59. The second-order valence-corrected chi connectivity index (χ2v) is 6.54. The lowest BCUT2D eigenvalue weighted by molar-refractivity contribution is -0.138. The smallest absolute Gasteiger partial charge is 0.312 e. The normalized spacial score (nSPS) is 17.0. The first kappa shape index (κ1) is 14.8. The van der Waals surface area contributed by atoms with Crippen LogP contribution >= 0.6 is 11.3 Å². The van der Waals surface area contributed by atoms with Crippen molar-refractivity contribution in [1.82, 2.24) is 4.98 Å². The van der Waals surface area contributed by atoms with Crippen molar-refractivity contribution < 1.29 is 9.90 Å². The Balaban J connectivity index is 2.20. The number of nitrogens with zero attached hydrogens (tertiary/aromatic N) is 3. The molecule has 1 aliphatic carbocycles. The van der Waals surface area contributed by atoms with E-state index in [-0.39, 0.29) is 0 Å². The summed E-state index contributed by atoms with van der Waals surface area (Å²) in [7, 11) is 0. The number of hydrogen-bond donors (Lipinski definition) is 1. The molecule has 0 fully saturated rings. The van der Waals surface area contributed by atoms with E-state index in [2.05, 4.69) is 29.8 Å². The standard InChI is InChI=1S/C14H19N3O2S/c1-9(2)8-17(7-3-6-15)14-16-12-10(13(18)19)4-5-11(12)20-14/h9-10H,3-5,7-8H2,1-2H3,(H,18,19). The van der Waals surface area contributed by atoms with Crippen LogP contribution in [0.5, 0.6) is 0 Å². The quantitative estimate of drug-likeness (QED) is 0.872. The Morgan fingerprint density at radius 3 is 3.00 bits per heavy atom. The predicted molar refractivity (Wildman–Crippen MR) is 78.1 cm³/mol. The van der Waals surface area contributed by atoms with Crippen molar-refractivity contribution in [3.05, 3.63) is 10.6 Å². The van der Waals surface area contributed by atoms with Gasteiger partial charge in [0.15, 0.2) is 5.13 Å². The summed E-state index contributed by atoms with van der Waals surface area (Å²) in [5, 5.41) is 18.8. The van der Waals surface area contributed by atoms with Crippen molar-refractivity contribution in [3.63, 3.8) is 0 Å². The van der Waals surface area contributed by atoms with Crippen LogP contribution in [-0.4, -0.2) is 29.1 Å². The van der Waals surface area contributed by atoms with Crippen LogP contribution in [0.2, 0.25) is 0 Å². The van der Waals surface area contributed by atoms with Gasteiger partial charge >= 0.3 is 5.97 Å². The Bertz CT molecular complexity index is 533. The van der Waals surface area contributed by atoms with E-state index in [0.29, 0.717) is 25.3 Å². The Labute approximate surface area is 122 Å². The van der Waals surface area contributed by atoms with E-state index in [1.54, 1.807) is 11.3 Å². The first-order valence-corrected chi connectivity index (χ1v) is 7.69. The molecule has 0 bridgehead atoms. The van der Waals surface area contributed by atoms with Crippen LogP contribution in [0.4, 0.5) is 5.13 Å². The Morgan fingerprint density at radius 1 is 1.65 bits per heavy atom. The van der Waals surface area contributed by atoms with Crippen molar-refractivity contribution in [2.24, 2.45) is 5.92 Å². The molecule has 1 aromatic rings. The Hall–Kier alpha value is -1.61. The number of hydrogen-bond acceptors (Lipinski definition) is 5. The molecule has 20 heavy (non-hydrogen) atoms. The van der Waals surface area contributed by atoms with Crippen molar-refractivity contribution in [2.45, 2.75) is 39.0 Å². The zero-order valence-electron chi connectivity index (χ0n) is 11.8. The third-order valence-electron chi connectivity index (χ3n) is 3.35. The number of aromatic nitrogens is 1. The van der Waals surface area contributed by atoms with Gasteiger partial charge < -0.3 is 10.0 Å². The van der Waals surface area contributed by atoms with Crippen molar-refractivity contribution >= 4 is 22.4 Å². The number of carboxylic acid groups (broad SMARTS) is 1. The highest BCUT2D eigenvalue weighted by Crippen LogP contribution is 2.39. The molecule has 1 heterocycles. The van der Waals surface area contributed by atoms with Crippen LogP contribution in [-0.2, 0) is 11.2 Å². The first-order valence-electron chi connectivity index (χ1n) is 6.87. The fourth-order valence-corrected chi connectivity index (χ4v) is 3.65. The minimum Gasteiger partial charge on any atom is -0.481 e. The van der Waals surface area contributed by atoms with Crippen molar-refractivity contribution in [3.8, 4) is 6.07 Å². The molecular formula is C14H19N3O2S. The highest BCUT2D eigenvalue weighted by atomic mass is 32.1. The van der Waals surface area contributed by atoms with Crippen molar-refractivity contribution in [2.75, 3.05) is 18.0 Å². The summed E-state index contributed by atoms with van der Waals surface area (Å²) < 4.78 is 0. The van der Waals surface area contributed by atoms with Gasteiger partial charge in [-0.05, 0) is 18.8 Å². The number of nitriles is 1. The molecule has 0 spiro atoms. The third-order valence-corrected chi connectivity index (χ3v) is 4.55. The van der Waals surface area contributed by atoms with Gasteiger partial charge in [-0.2, -0.15) is 5.26 Å². The zero-order chi connectivity index (χ0) is 14.7. The number of rotatable bonds is 6. The number of carbonyl (C=O) groups is 1. The van der Waals surface area contributed by atoms with Crippen LogP contribution < -0.4 is 4.90 Å². The van der Waals surface area contributed by atoms with Gasteiger partial charge in [0.05, 0.1) is 18.2 Å². The summed E-state index contributed by atoms with van der Waals surface area (Å²) in [6.45, 7) is 5.74. The molecular weight excluding hydrogens is 274 g/mol. The second kappa shape index (κ2) is 6.23. The molecule has 1 atom stereocenters. The van der Waals surface area contributed by atoms with Gasteiger partial charge in [0.25, 0.3) is 0 Å². The average Bonchev–Trinajstić information content (AvgIpc) is 2.92. The van der Waals surface area contributed by atoms with E-state index in [9.17, 15) is 9.90 Å². The number of aliphatic carboxylic acids is 1. The largest absolute Gasteiger partial charge is 0.481 e. The van der Waals surface area contributed by atoms with Gasteiger partial charge in [0.2, 0.25) is 0 Å². The van der Waals surface area contributed by atoms with Crippen LogP contribution in [0.3, 0.4) is 0 Å². The molecule has 5 nitrogen and oxygen atoms in total. The minimum atomic E-state index is -0.784. The zero-order valence-corrected chi connectivity index (χ0v) is 12.6. The van der Waals surface area contributed by atoms with Crippen LogP contribution in [0.1, 0.15) is 43.2 Å². The molecule has 0 amide bonds. The molecule has 0 aliphatic heterocycles. The number of aryl methyl sites for hydroxylation is 1. The summed E-state index contributed by atoms with van der Waals surface area (Å²) in [4.78, 5) is 19.0. The van der Waals surface area contributed by atoms with Gasteiger partial charge in [-0.15, -0.1) is 11.3 Å². The topological polar surface area (TPSA) is 77.2 Å². The van der Waals surface area contributed by atoms with E-state index in [1.165, 1.54) is 0 Å². The molecule has 1 aliphatic rings. The molecule has 0 saturated carbocycles. The van der Waals surface area contributed by atoms with E-state index >= 15 is 0 Å². The van der Waals surface area contributed by atoms with Gasteiger partial charge in [0.1, 0.15) is 5.92 Å².